The molecule has 1 heterocycles. The zero-order valence-electron chi connectivity index (χ0n) is 12.1. The molecule has 0 saturated carbocycles. The third kappa shape index (κ3) is 3.20. The summed E-state index contributed by atoms with van der Waals surface area (Å²) in [6.45, 7) is 0. The molecule has 0 aliphatic heterocycles. The van der Waals surface area contributed by atoms with Gasteiger partial charge in [0.1, 0.15) is 17.3 Å². The summed E-state index contributed by atoms with van der Waals surface area (Å²) in [6, 6.07) is 5.82. The van der Waals surface area contributed by atoms with Crippen molar-refractivity contribution in [2.24, 2.45) is 0 Å². The number of hydrogen-bond acceptors (Lipinski definition) is 2. The molecule has 0 radical (unpaired) electrons. The summed E-state index contributed by atoms with van der Waals surface area (Å²) in [7, 11) is 0. The molecule has 3 rings (SSSR count). The molecule has 128 valence electrons. The minimum atomic E-state index is -1.41. The van der Waals surface area contributed by atoms with Crippen molar-refractivity contribution in [1.29, 1.82) is 0 Å². The molecule has 4 nitrogen and oxygen atoms in total. The van der Waals surface area contributed by atoms with Gasteiger partial charge in [-0.2, -0.15) is 5.10 Å². The van der Waals surface area contributed by atoms with Crippen LogP contribution >= 0.6 is 23.2 Å². The maximum absolute atomic E-state index is 14.0. The number of halogens is 5. The van der Waals surface area contributed by atoms with Crippen molar-refractivity contribution in [2.45, 2.75) is 0 Å². The predicted octanol–water partition coefficient (Wildman–Crippen LogP) is 4.96. The Morgan fingerprint density at radius 1 is 1.00 bits per heavy atom. The van der Waals surface area contributed by atoms with E-state index < -0.39 is 29.1 Å². The summed E-state index contributed by atoms with van der Waals surface area (Å²) in [5, 5.41) is 13.1. The van der Waals surface area contributed by atoms with Crippen molar-refractivity contribution < 1.29 is 23.1 Å². The molecule has 0 aliphatic rings. The third-order valence-electron chi connectivity index (χ3n) is 3.35. The molecule has 25 heavy (non-hydrogen) atoms. The van der Waals surface area contributed by atoms with E-state index in [0.29, 0.717) is 6.07 Å². The molecule has 0 bridgehead atoms. The summed E-state index contributed by atoms with van der Waals surface area (Å²) in [6.07, 6.45) is 0. The van der Waals surface area contributed by atoms with Crippen molar-refractivity contribution in [2.75, 3.05) is 0 Å². The number of nitrogens with zero attached hydrogens (tertiary/aromatic N) is 2. The lowest BCUT2D eigenvalue weighted by atomic mass is 10.1. The molecule has 0 aliphatic carbocycles. The minimum Gasteiger partial charge on any atom is -0.477 e. The fourth-order valence-corrected chi connectivity index (χ4v) is 2.70. The highest BCUT2D eigenvalue weighted by Gasteiger charge is 2.21. The van der Waals surface area contributed by atoms with Gasteiger partial charge in [-0.1, -0.05) is 23.2 Å². The second kappa shape index (κ2) is 6.42. The first kappa shape index (κ1) is 17.3. The molecule has 0 fully saturated rings. The normalized spacial score (nSPS) is 10.9. The van der Waals surface area contributed by atoms with Crippen molar-refractivity contribution in [1.82, 2.24) is 9.78 Å². The van der Waals surface area contributed by atoms with Crippen LogP contribution in [0.15, 0.2) is 36.4 Å². The summed E-state index contributed by atoms with van der Waals surface area (Å²) in [5.41, 5.74) is -0.628. The van der Waals surface area contributed by atoms with Gasteiger partial charge in [-0.25, -0.2) is 22.6 Å². The summed E-state index contributed by atoms with van der Waals surface area (Å²) in [4.78, 5) is 11.4. The van der Waals surface area contributed by atoms with Gasteiger partial charge in [-0.05, 0) is 30.3 Å². The highest BCUT2D eigenvalue weighted by atomic mass is 35.5. The van der Waals surface area contributed by atoms with E-state index in [1.54, 1.807) is 0 Å². The zero-order valence-corrected chi connectivity index (χ0v) is 13.6. The standard InChI is InChI=1S/C16H7Cl2F3N2O2/c17-9-5-10(18)11(20)4-8(9)13-6-15(16(24)25)23(22-13)14-2-1-7(19)3-12(14)21/h1-6H,(H,24,25). The van der Waals surface area contributed by atoms with Gasteiger partial charge in [-0.3, -0.25) is 0 Å². The van der Waals surface area contributed by atoms with Gasteiger partial charge in [0.05, 0.1) is 15.7 Å². The number of carbonyl (C=O) groups is 1. The van der Waals surface area contributed by atoms with Crippen LogP contribution in [0.3, 0.4) is 0 Å². The van der Waals surface area contributed by atoms with Gasteiger partial charge in [-0.15, -0.1) is 0 Å². The Morgan fingerprint density at radius 3 is 2.36 bits per heavy atom. The zero-order chi connectivity index (χ0) is 18.3. The van der Waals surface area contributed by atoms with E-state index in [2.05, 4.69) is 5.10 Å². The second-order valence-corrected chi connectivity index (χ2v) is 5.79. The van der Waals surface area contributed by atoms with Crippen molar-refractivity contribution in [3.05, 3.63) is 69.6 Å². The number of hydrogen-bond donors (Lipinski definition) is 1. The van der Waals surface area contributed by atoms with Crippen LogP contribution < -0.4 is 0 Å². The predicted molar refractivity (Wildman–Crippen MR) is 85.9 cm³/mol. The maximum Gasteiger partial charge on any atom is 0.354 e. The molecular weight excluding hydrogens is 380 g/mol. The van der Waals surface area contributed by atoms with Crippen LogP contribution in [0.2, 0.25) is 10.0 Å². The van der Waals surface area contributed by atoms with E-state index in [0.717, 1.165) is 35.0 Å². The number of benzene rings is 2. The van der Waals surface area contributed by atoms with Gasteiger partial charge >= 0.3 is 5.97 Å². The quantitative estimate of drug-likeness (QED) is 0.647. The molecule has 0 spiro atoms. The molecule has 2 aromatic carbocycles. The third-order valence-corrected chi connectivity index (χ3v) is 3.95. The van der Waals surface area contributed by atoms with Gasteiger partial charge in [0.2, 0.25) is 0 Å². The number of carboxylic acids is 1. The van der Waals surface area contributed by atoms with Gasteiger partial charge < -0.3 is 5.11 Å². The van der Waals surface area contributed by atoms with E-state index in [9.17, 15) is 23.1 Å². The maximum atomic E-state index is 14.0. The lowest BCUT2D eigenvalue weighted by Crippen LogP contribution is -2.09. The largest absolute Gasteiger partial charge is 0.477 e. The van der Waals surface area contributed by atoms with Crippen LogP contribution in [0.4, 0.5) is 13.2 Å². The molecule has 9 heteroatoms. The lowest BCUT2D eigenvalue weighted by Gasteiger charge is -2.06. The Bertz CT molecular complexity index is 1010. The molecule has 0 unspecified atom stereocenters. The van der Waals surface area contributed by atoms with E-state index in [1.807, 2.05) is 0 Å². The van der Waals surface area contributed by atoms with Crippen LogP contribution in [-0.2, 0) is 0 Å². The van der Waals surface area contributed by atoms with Gasteiger partial charge in [0.25, 0.3) is 0 Å². The van der Waals surface area contributed by atoms with Crippen molar-refractivity contribution >= 4 is 29.2 Å². The Morgan fingerprint density at radius 2 is 1.72 bits per heavy atom. The number of carboxylic acid groups (broad SMARTS) is 1. The Labute approximate surface area is 149 Å². The van der Waals surface area contributed by atoms with Crippen molar-refractivity contribution in [3.63, 3.8) is 0 Å². The molecule has 0 atom stereocenters. The van der Waals surface area contributed by atoms with Crippen molar-refractivity contribution in [3.8, 4) is 16.9 Å². The van der Waals surface area contributed by atoms with Crippen LogP contribution in [0.5, 0.6) is 0 Å². The first-order valence-corrected chi connectivity index (χ1v) is 7.47. The Hall–Kier alpha value is -2.51. The number of aromatic carboxylic acids is 1. The minimum absolute atomic E-state index is 0.0123. The topological polar surface area (TPSA) is 55.1 Å². The summed E-state index contributed by atoms with van der Waals surface area (Å²) in [5.74, 6) is -4.02. The highest BCUT2D eigenvalue weighted by molar-refractivity contribution is 6.36. The van der Waals surface area contributed by atoms with Crippen LogP contribution in [0.1, 0.15) is 10.5 Å². The Balaban J connectivity index is 2.22. The molecule has 0 amide bonds. The monoisotopic (exact) mass is 386 g/mol. The van der Waals surface area contributed by atoms with E-state index in [1.165, 1.54) is 0 Å². The van der Waals surface area contributed by atoms with Gasteiger partial charge in [0.15, 0.2) is 11.5 Å². The van der Waals surface area contributed by atoms with E-state index >= 15 is 0 Å². The second-order valence-electron chi connectivity index (χ2n) is 4.97. The Kier molecular flexibility index (Phi) is 4.45. The molecule has 1 N–H and O–H groups in total. The fraction of sp³-hybridized carbons (Fsp3) is 0. The van der Waals surface area contributed by atoms with Crippen LogP contribution in [0, 0.1) is 17.5 Å². The molecule has 0 saturated heterocycles. The first-order valence-electron chi connectivity index (χ1n) is 6.71. The number of rotatable bonds is 3. The summed E-state index contributed by atoms with van der Waals surface area (Å²) >= 11 is 11.6. The first-order chi connectivity index (χ1) is 11.8. The average molecular weight is 387 g/mol. The van der Waals surface area contributed by atoms with E-state index in [4.69, 9.17) is 23.2 Å². The SMILES string of the molecule is O=C(O)c1cc(-c2cc(F)c(Cl)cc2Cl)nn1-c1ccc(F)cc1F. The fourth-order valence-electron chi connectivity index (χ4n) is 2.22. The molecule has 3 aromatic rings. The average Bonchev–Trinajstić information content (AvgIpc) is 2.96. The highest BCUT2D eigenvalue weighted by Crippen LogP contribution is 2.32. The van der Waals surface area contributed by atoms with Crippen LogP contribution in [-0.4, -0.2) is 20.9 Å². The smallest absolute Gasteiger partial charge is 0.354 e. The molecule has 1 aromatic heterocycles. The molecular formula is C16H7Cl2F3N2O2. The number of aromatic nitrogens is 2. The summed E-state index contributed by atoms with van der Waals surface area (Å²) < 4.78 is 41.5. The van der Waals surface area contributed by atoms with E-state index in [-0.39, 0.29) is 27.0 Å². The van der Waals surface area contributed by atoms with Crippen LogP contribution in [0.25, 0.3) is 16.9 Å². The lowest BCUT2D eigenvalue weighted by molar-refractivity contribution is 0.0687. The van der Waals surface area contributed by atoms with Gasteiger partial charge in [0, 0.05) is 11.6 Å².